The molecule has 0 atom stereocenters. The first-order valence-corrected chi connectivity index (χ1v) is 8.14. The zero-order chi connectivity index (χ0) is 17.6. The molecule has 0 amide bonds. The van der Waals surface area contributed by atoms with Crippen LogP contribution in [0, 0.1) is 0 Å². The highest BCUT2D eigenvalue weighted by Gasteiger charge is 2.17. The fourth-order valence-electron chi connectivity index (χ4n) is 2.73. The number of allylic oxidation sites excluding steroid dienone is 1. The molecule has 7 heteroatoms. The van der Waals surface area contributed by atoms with Gasteiger partial charge in [-0.1, -0.05) is 41.4 Å². The first kappa shape index (κ1) is 15.7. The van der Waals surface area contributed by atoms with Gasteiger partial charge in [0.2, 0.25) is 5.88 Å². The van der Waals surface area contributed by atoms with Crippen LogP contribution in [0.5, 0.6) is 5.88 Å². The van der Waals surface area contributed by atoms with Crippen LogP contribution >= 0.6 is 23.2 Å². The van der Waals surface area contributed by atoms with Crippen LogP contribution in [0.15, 0.2) is 52.3 Å². The van der Waals surface area contributed by atoms with E-state index >= 15 is 0 Å². The third-order valence-electron chi connectivity index (χ3n) is 3.87. The van der Waals surface area contributed by atoms with Gasteiger partial charge < -0.3 is 5.11 Å². The highest BCUT2D eigenvalue weighted by Crippen LogP contribution is 2.33. The molecule has 1 aliphatic heterocycles. The second kappa shape index (κ2) is 5.95. The first-order valence-electron chi connectivity index (χ1n) is 7.38. The summed E-state index contributed by atoms with van der Waals surface area (Å²) in [6.45, 7) is 0. The Morgan fingerprint density at radius 3 is 2.60 bits per heavy atom. The van der Waals surface area contributed by atoms with Gasteiger partial charge in [-0.3, -0.25) is 14.9 Å². The zero-order valence-corrected chi connectivity index (χ0v) is 14.2. The van der Waals surface area contributed by atoms with Gasteiger partial charge in [0.05, 0.1) is 11.4 Å². The number of hydrogen-bond donors (Lipinski definition) is 2. The van der Waals surface area contributed by atoms with Gasteiger partial charge in [0, 0.05) is 27.4 Å². The van der Waals surface area contributed by atoms with Gasteiger partial charge in [0.25, 0.3) is 5.56 Å². The van der Waals surface area contributed by atoms with E-state index in [2.05, 4.69) is 10.1 Å². The lowest BCUT2D eigenvalue weighted by Gasteiger charge is -2.05. The molecule has 0 aliphatic carbocycles. The number of nitrogens with one attached hydrogen (secondary N) is 1. The Bertz CT molecular complexity index is 1090. The van der Waals surface area contributed by atoms with Crippen molar-refractivity contribution in [3.63, 3.8) is 0 Å². The van der Waals surface area contributed by atoms with Crippen LogP contribution in [0.4, 0.5) is 5.69 Å². The van der Waals surface area contributed by atoms with Crippen molar-refractivity contribution in [1.29, 1.82) is 0 Å². The highest BCUT2D eigenvalue weighted by atomic mass is 35.5. The fraction of sp³-hybridized carbons (Fsp3) is 0. The summed E-state index contributed by atoms with van der Waals surface area (Å²) in [5.74, 6) is -0.228. The SMILES string of the molecule is O=c1[nH]n(-c2cc(Cl)cc(Cl)c2)c(O)c1/C=C1\C=Nc2ccccc21. The lowest BCUT2D eigenvalue weighted by atomic mass is 10.1. The molecular weight excluding hydrogens is 361 g/mol. The van der Waals surface area contributed by atoms with Gasteiger partial charge in [0.15, 0.2) is 0 Å². The van der Waals surface area contributed by atoms with Crippen LogP contribution in [0.3, 0.4) is 0 Å². The maximum absolute atomic E-state index is 12.3. The smallest absolute Gasteiger partial charge is 0.275 e. The number of H-pyrrole nitrogens is 1. The molecule has 25 heavy (non-hydrogen) atoms. The van der Waals surface area contributed by atoms with E-state index in [1.54, 1.807) is 30.5 Å². The van der Waals surface area contributed by atoms with Crippen molar-refractivity contribution in [1.82, 2.24) is 9.78 Å². The van der Waals surface area contributed by atoms with Gasteiger partial charge in [0.1, 0.15) is 5.56 Å². The van der Waals surface area contributed by atoms with Crippen LogP contribution in [0.2, 0.25) is 10.0 Å². The van der Waals surface area contributed by atoms with Crippen molar-refractivity contribution in [3.05, 3.63) is 74.0 Å². The molecule has 5 nitrogen and oxygen atoms in total. The molecule has 1 aromatic heterocycles. The second-order valence-electron chi connectivity index (χ2n) is 5.52. The quantitative estimate of drug-likeness (QED) is 0.699. The average Bonchev–Trinajstić information content (AvgIpc) is 3.10. The normalized spacial score (nSPS) is 14.2. The summed E-state index contributed by atoms with van der Waals surface area (Å²) >= 11 is 12.0. The van der Waals surface area contributed by atoms with Gasteiger partial charge in [-0.2, -0.15) is 0 Å². The highest BCUT2D eigenvalue weighted by molar-refractivity contribution is 6.34. The number of para-hydroxylation sites is 1. The summed E-state index contributed by atoms with van der Waals surface area (Å²) in [6, 6.07) is 12.3. The number of aromatic amines is 1. The number of hydrogen-bond acceptors (Lipinski definition) is 3. The summed E-state index contributed by atoms with van der Waals surface area (Å²) in [4.78, 5) is 16.6. The molecule has 0 fully saturated rings. The molecule has 0 unspecified atom stereocenters. The van der Waals surface area contributed by atoms with Gasteiger partial charge in [-0.05, 0) is 30.3 Å². The fourth-order valence-corrected chi connectivity index (χ4v) is 3.25. The minimum atomic E-state index is -0.432. The molecule has 2 heterocycles. The van der Waals surface area contributed by atoms with Crippen LogP contribution < -0.4 is 5.56 Å². The van der Waals surface area contributed by atoms with Crippen molar-refractivity contribution in [2.24, 2.45) is 4.99 Å². The average molecular weight is 372 g/mol. The summed E-state index contributed by atoms with van der Waals surface area (Å²) in [5, 5.41) is 13.9. The number of aromatic nitrogens is 2. The van der Waals surface area contributed by atoms with Crippen molar-refractivity contribution >= 4 is 46.8 Å². The molecular formula is C18H11Cl2N3O2. The molecule has 2 N–H and O–H groups in total. The monoisotopic (exact) mass is 371 g/mol. The van der Waals surface area contributed by atoms with E-state index in [9.17, 15) is 9.90 Å². The van der Waals surface area contributed by atoms with E-state index in [1.807, 2.05) is 24.3 Å². The number of aliphatic imine (C=N–C) groups is 1. The maximum atomic E-state index is 12.3. The third-order valence-corrected chi connectivity index (χ3v) is 4.31. The number of rotatable bonds is 2. The predicted octanol–water partition coefficient (Wildman–Crippen LogP) is 4.43. The molecule has 1 aliphatic rings. The first-order chi connectivity index (χ1) is 12.0. The largest absolute Gasteiger partial charge is 0.493 e. The third kappa shape index (κ3) is 2.77. The standard InChI is InChI=1S/C18H11Cl2N3O2/c19-11-6-12(20)8-13(7-11)23-18(25)15(17(24)22-23)5-10-9-21-16-4-2-1-3-14(10)16/h1-9,25H,(H,22,24)/b10-5+. The Balaban J connectivity index is 1.84. The molecule has 2 aromatic carbocycles. The lowest BCUT2D eigenvalue weighted by Crippen LogP contribution is -2.05. The van der Waals surface area contributed by atoms with Gasteiger partial charge >= 0.3 is 0 Å². The molecule has 124 valence electrons. The maximum Gasteiger partial charge on any atom is 0.275 e. The number of nitrogens with zero attached hydrogens (tertiary/aromatic N) is 2. The van der Waals surface area contributed by atoms with Crippen molar-refractivity contribution in [3.8, 4) is 11.6 Å². The summed E-state index contributed by atoms with van der Waals surface area (Å²) in [7, 11) is 0. The molecule has 0 radical (unpaired) electrons. The van der Waals surface area contributed by atoms with Crippen LogP contribution in [-0.4, -0.2) is 21.1 Å². The number of fused-ring (bicyclic) bond motifs is 1. The van der Waals surface area contributed by atoms with E-state index in [0.717, 1.165) is 16.8 Å². The molecule has 0 bridgehead atoms. The Morgan fingerprint density at radius 1 is 1.12 bits per heavy atom. The predicted molar refractivity (Wildman–Crippen MR) is 101 cm³/mol. The molecule has 0 spiro atoms. The van der Waals surface area contributed by atoms with Crippen LogP contribution in [0.25, 0.3) is 17.3 Å². The lowest BCUT2D eigenvalue weighted by molar-refractivity contribution is 0.432. The van der Waals surface area contributed by atoms with E-state index in [-0.39, 0.29) is 11.4 Å². The minimum absolute atomic E-state index is 0.134. The van der Waals surface area contributed by atoms with Gasteiger partial charge in [-0.25, -0.2) is 4.68 Å². The summed E-state index contributed by atoms with van der Waals surface area (Å²) in [6.07, 6.45) is 3.27. The zero-order valence-electron chi connectivity index (χ0n) is 12.7. The van der Waals surface area contributed by atoms with E-state index in [4.69, 9.17) is 23.2 Å². The molecule has 0 saturated carbocycles. The van der Waals surface area contributed by atoms with Crippen LogP contribution in [-0.2, 0) is 0 Å². The number of halogens is 2. The van der Waals surface area contributed by atoms with Crippen LogP contribution in [0.1, 0.15) is 11.1 Å². The van der Waals surface area contributed by atoms with Gasteiger partial charge in [-0.15, -0.1) is 0 Å². The Kier molecular flexibility index (Phi) is 3.75. The Hall–Kier alpha value is -2.76. The summed E-state index contributed by atoms with van der Waals surface area (Å²) < 4.78 is 1.24. The topological polar surface area (TPSA) is 70.4 Å². The van der Waals surface area contributed by atoms with Crippen molar-refractivity contribution in [2.45, 2.75) is 0 Å². The van der Waals surface area contributed by atoms with E-state index in [0.29, 0.717) is 15.7 Å². The van der Waals surface area contributed by atoms with Crippen molar-refractivity contribution in [2.75, 3.05) is 0 Å². The molecule has 4 rings (SSSR count). The van der Waals surface area contributed by atoms with E-state index < -0.39 is 5.56 Å². The van der Waals surface area contributed by atoms with Crippen molar-refractivity contribution < 1.29 is 5.11 Å². The second-order valence-corrected chi connectivity index (χ2v) is 6.39. The summed E-state index contributed by atoms with van der Waals surface area (Å²) in [5.41, 5.74) is 2.63. The molecule has 0 saturated heterocycles. The van der Waals surface area contributed by atoms with E-state index in [1.165, 1.54) is 4.68 Å². The number of benzene rings is 2. The Morgan fingerprint density at radius 2 is 1.84 bits per heavy atom. The molecule has 3 aromatic rings. The number of aromatic hydroxyl groups is 1. The Labute approximate surface area is 152 Å². The minimum Gasteiger partial charge on any atom is -0.493 e.